The quantitative estimate of drug-likeness (QED) is 0.670. The van der Waals surface area contributed by atoms with Crippen LogP contribution in [-0.4, -0.2) is 56.4 Å². The molecule has 1 saturated heterocycles. The van der Waals surface area contributed by atoms with Crippen molar-refractivity contribution in [2.75, 3.05) is 45.4 Å². The molecule has 2 heterocycles. The first-order valence-corrected chi connectivity index (χ1v) is 9.77. The van der Waals surface area contributed by atoms with Crippen LogP contribution in [0.2, 0.25) is 0 Å². The number of carbonyl (C=O) groups excluding carboxylic acids is 1. The zero-order valence-electron chi connectivity index (χ0n) is 17.1. The number of ether oxygens (including phenoxy) is 3. The van der Waals surface area contributed by atoms with Gasteiger partial charge in [0, 0.05) is 36.1 Å². The molecule has 1 fully saturated rings. The minimum absolute atomic E-state index is 0.182. The van der Waals surface area contributed by atoms with Crippen molar-refractivity contribution in [3.05, 3.63) is 53.9 Å². The van der Waals surface area contributed by atoms with E-state index in [-0.39, 0.29) is 5.91 Å². The smallest absolute Gasteiger partial charge is 0.251 e. The minimum Gasteiger partial charge on any atom is -0.493 e. The van der Waals surface area contributed by atoms with Crippen LogP contribution in [-0.2, 0) is 11.3 Å². The molecule has 0 aliphatic carbocycles. The number of benzene rings is 2. The van der Waals surface area contributed by atoms with Gasteiger partial charge in [0.25, 0.3) is 5.91 Å². The fourth-order valence-electron chi connectivity index (χ4n) is 3.58. The first-order valence-electron chi connectivity index (χ1n) is 9.77. The third kappa shape index (κ3) is 3.99. The zero-order valence-corrected chi connectivity index (χ0v) is 17.1. The van der Waals surface area contributed by atoms with Crippen LogP contribution in [0.1, 0.15) is 15.9 Å². The van der Waals surface area contributed by atoms with Crippen LogP contribution in [0.3, 0.4) is 0 Å². The molecule has 0 spiro atoms. The van der Waals surface area contributed by atoms with Gasteiger partial charge in [-0.05, 0) is 24.3 Å². The van der Waals surface area contributed by atoms with E-state index in [4.69, 9.17) is 14.2 Å². The molecular weight excluding hydrogens is 384 g/mol. The third-order valence-electron chi connectivity index (χ3n) is 5.11. The Kier molecular flexibility index (Phi) is 5.94. The number of fused-ring (bicyclic) bond motifs is 1. The van der Waals surface area contributed by atoms with Crippen LogP contribution < -0.4 is 19.7 Å². The summed E-state index contributed by atoms with van der Waals surface area (Å²) in [6, 6.07) is 11.1. The van der Waals surface area contributed by atoms with Gasteiger partial charge in [-0.15, -0.1) is 0 Å². The van der Waals surface area contributed by atoms with Crippen LogP contribution in [0.5, 0.6) is 11.5 Å². The molecule has 30 heavy (non-hydrogen) atoms. The second-order valence-corrected chi connectivity index (χ2v) is 6.86. The summed E-state index contributed by atoms with van der Waals surface area (Å²) in [5.41, 5.74) is 2.19. The van der Waals surface area contributed by atoms with Crippen LogP contribution in [0.15, 0.2) is 42.7 Å². The molecule has 8 nitrogen and oxygen atoms in total. The van der Waals surface area contributed by atoms with Gasteiger partial charge in [0.2, 0.25) is 0 Å². The van der Waals surface area contributed by atoms with Crippen molar-refractivity contribution in [1.82, 2.24) is 15.3 Å². The van der Waals surface area contributed by atoms with E-state index < -0.39 is 0 Å². The average molecular weight is 408 g/mol. The van der Waals surface area contributed by atoms with Gasteiger partial charge in [0.1, 0.15) is 12.1 Å². The summed E-state index contributed by atoms with van der Waals surface area (Å²) in [4.78, 5) is 23.8. The van der Waals surface area contributed by atoms with E-state index in [0.717, 1.165) is 35.4 Å². The summed E-state index contributed by atoms with van der Waals surface area (Å²) in [5, 5.41) is 3.81. The molecule has 1 amide bonds. The SMILES string of the molecule is COc1cccc(CNC(=O)c2ccc3ncnc(N4CCOCC4)c3c2)c1OC. The Morgan fingerprint density at radius 3 is 2.73 bits per heavy atom. The first-order chi connectivity index (χ1) is 14.7. The number of nitrogens with zero attached hydrogens (tertiary/aromatic N) is 3. The van der Waals surface area contributed by atoms with Gasteiger partial charge >= 0.3 is 0 Å². The Morgan fingerprint density at radius 2 is 1.97 bits per heavy atom. The summed E-state index contributed by atoms with van der Waals surface area (Å²) >= 11 is 0. The fraction of sp³-hybridized carbons (Fsp3) is 0.318. The summed E-state index contributed by atoms with van der Waals surface area (Å²) in [7, 11) is 3.17. The zero-order chi connectivity index (χ0) is 20.9. The molecule has 1 aliphatic heterocycles. The van der Waals surface area contributed by atoms with E-state index in [9.17, 15) is 4.79 Å². The van der Waals surface area contributed by atoms with Gasteiger partial charge in [0.15, 0.2) is 11.5 Å². The number of rotatable bonds is 6. The predicted octanol–water partition coefficient (Wildman–Crippen LogP) is 2.41. The standard InChI is InChI=1S/C22H24N4O4/c1-28-19-5-3-4-16(20(19)29-2)13-23-22(27)15-6-7-18-17(12-15)21(25-14-24-18)26-8-10-30-11-9-26/h3-7,12,14H,8-11,13H2,1-2H3,(H,23,27). The highest BCUT2D eigenvalue weighted by Gasteiger charge is 2.17. The van der Waals surface area contributed by atoms with Gasteiger partial charge < -0.3 is 24.4 Å². The largest absolute Gasteiger partial charge is 0.493 e. The van der Waals surface area contributed by atoms with Crippen LogP contribution in [0, 0.1) is 0 Å². The van der Waals surface area contributed by atoms with Gasteiger partial charge in [0.05, 0.1) is 33.0 Å². The van der Waals surface area contributed by atoms with Crippen molar-refractivity contribution in [3.63, 3.8) is 0 Å². The number of para-hydroxylation sites is 1. The van der Waals surface area contributed by atoms with E-state index in [1.54, 1.807) is 26.6 Å². The van der Waals surface area contributed by atoms with Crippen molar-refractivity contribution >= 4 is 22.6 Å². The van der Waals surface area contributed by atoms with E-state index in [1.165, 1.54) is 0 Å². The number of anilines is 1. The lowest BCUT2D eigenvalue weighted by Gasteiger charge is -2.28. The number of nitrogens with one attached hydrogen (secondary N) is 1. The summed E-state index contributed by atoms with van der Waals surface area (Å²) in [6.45, 7) is 3.16. The van der Waals surface area contributed by atoms with Crippen molar-refractivity contribution in [1.29, 1.82) is 0 Å². The maximum Gasteiger partial charge on any atom is 0.251 e. The maximum absolute atomic E-state index is 12.8. The number of hydrogen-bond donors (Lipinski definition) is 1. The molecule has 156 valence electrons. The van der Waals surface area contributed by atoms with Crippen LogP contribution in [0.4, 0.5) is 5.82 Å². The molecule has 2 aromatic carbocycles. The molecule has 0 unspecified atom stereocenters. The number of morpholine rings is 1. The van der Waals surface area contributed by atoms with Gasteiger partial charge in [-0.25, -0.2) is 9.97 Å². The second kappa shape index (κ2) is 8.96. The lowest BCUT2D eigenvalue weighted by molar-refractivity contribution is 0.0950. The van der Waals surface area contributed by atoms with Crippen LogP contribution >= 0.6 is 0 Å². The van der Waals surface area contributed by atoms with Gasteiger partial charge in [-0.2, -0.15) is 0 Å². The number of aromatic nitrogens is 2. The molecule has 0 bridgehead atoms. The molecule has 8 heteroatoms. The molecule has 1 aliphatic rings. The highest BCUT2D eigenvalue weighted by Crippen LogP contribution is 2.30. The molecule has 0 saturated carbocycles. The molecule has 0 radical (unpaired) electrons. The molecule has 0 atom stereocenters. The van der Waals surface area contributed by atoms with Crippen LogP contribution in [0.25, 0.3) is 10.9 Å². The Labute approximate surface area is 174 Å². The molecule has 4 rings (SSSR count). The topological polar surface area (TPSA) is 85.8 Å². The predicted molar refractivity (Wildman–Crippen MR) is 113 cm³/mol. The highest BCUT2D eigenvalue weighted by molar-refractivity contribution is 6.00. The Bertz CT molecular complexity index is 1050. The average Bonchev–Trinajstić information content (AvgIpc) is 2.81. The summed E-state index contributed by atoms with van der Waals surface area (Å²) in [6.07, 6.45) is 1.56. The normalized spacial score (nSPS) is 13.9. The summed E-state index contributed by atoms with van der Waals surface area (Å²) < 4.78 is 16.2. The fourth-order valence-corrected chi connectivity index (χ4v) is 3.58. The first kappa shape index (κ1) is 19.9. The molecule has 1 N–H and O–H groups in total. The Hall–Kier alpha value is -3.39. The van der Waals surface area contributed by atoms with E-state index in [0.29, 0.717) is 36.8 Å². The van der Waals surface area contributed by atoms with Crippen molar-refractivity contribution in [3.8, 4) is 11.5 Å². The number of carbonyl (C=O) groups is 1. The Morgan fingerprint density at radius 1 is 1.13 bits per heavy atom. The molecule has 1 aromatic heterocycles. The monoisotopic (exact) mass is 408 g/mol. The van der Waals surface area contributed by atoms with Crippen molar-refractivity contribution < 1.29 is 19.0 Å². The number of amides is 1. The minimum atomic E-state index is -0.182. The molecule has 3 aromatic rings. The lowest BCUT2D eigenvalue weighted by atomic mass is 10.1. The van der Waals surface area contributed by atoms with Gasteiger partial charge in [-0.3, -0.25) is 4.79 Å². The second-order valence-electron chi connectivity index (χ2n) is 6.86. The highest BCUT2D eigenvalue weighted by atomic mass is 16.5. The van der Waals surface area contributed by atoms with E-state index >= 15 is 0 Å². The van der Waals surface area contributed by atoms with Crippen molar-refractivity contribution in [2.24, 2.45) is 0 Å². The molecular formula is C22H24N4O4. The van der Waals surface area contributed by atoms with Crippen molar-refractivity contribution in [2.45, 2.75) is 6.54 Å². The summed E-state index contributed by atoms with van der Waals surface area (Å²) in [5.74, 6) is 1.88. The number of hydrogen-bond acceptors (Lipinski definition) is 7. The van der Waals surface area contributed by atoms with Gasteiger partial charge in [-0.1, -0.05) is 12.1 Å². The Balaban J connectivity index is 1.57. The third-order valence-corrected chi connectivity index (χ3v) is 5.11. The maximum atomic E-state index is 12.8. The van der Waals surface area contributed by atoms with E-state index in [2.05, 4.69) is 20.2 Å². The lowest BCUT2D eigenvalue weighted by Crippen LogP contribution is -2.36. The van der Waals surface area contributed by atoms with E-state index in [1.807, 2.05) is 30.3 Å². The number of methoxy groups -OCH3 is 2.